The van der Waals surface area contributed by atoms with E-state index in [1.807, 2.05) is 0 Å². The molecule has 0 unspecified atom stereocenters. The van der Waals surface area contributed by atoms with Crippen LogP contribution in [0.3, 0.4) is 0 Å². The molecule has 1 amide bonds. The number of carbonyl (C=O) groups excluding carboxylic acids is 2. The van der Waals surface area contributed by atoms with Crippen molar-refractivity contribution in [3.63, 3.8) is 0 Å². The van der Waals surface area contributed by atoms with Crippen molar-refractivity contribution >= 4 is 18.3 Å². The smallest absolute Gasteiger partial charge is 0.410 e. The van der Waals surface area contributed by atoms with Crippen molar-refractivity contribution in [1.82, 2.24) is 4.90 Å². The van der Waals surface area contributed by atoms with E-state index in [-0.39, 0.29) is 6.54 Å². The fraction of sp³-hybridized carbons (Fsp3) is 0.812. The third kappa shape index (κ3) is 12.4. The van der Waals surface area contributed by atoms with Gasteiger partial charge in [-0.1, -0.05) is 0 Å². The van der Waals surface area contributed by atoms with Gasteiger partial charge in [-0.3, -0.25) is 9.69 Å². The average Bonchev–Trinajstić information content (AvgIpc) is 2.32. The van der Waals surface area contributed by atoms with Crippen molar-refractivity contribution in [1.29, 1.82) is 0 Å². The number of carbonyl (C=O) groups is 2. The fourth-order valence-corrected chi connectivity index (χ4v) is 1.69. The predicted octanol–water partition coefficient (Wildman–Crippen LogP) is 3.20. The van der Waals surface area contributed by atoms with Gasteiger partial charge in [0.1, 0.15) is 17.7 Å². The molecule has 0 saturated heterocycles. The predicted molar refractivity (Wildman–Crippen MR) is 87.8 cm³/mol. The number of unbranched alkanes of at least 4 members (excludes halogenated alkanes) is 2. The summed E-state index contributed by atoms with van der Waals surface area (Å²) in [5, 5.41) is 11.3. The maximum Gasteiger partial charge on any atom is 0.410 e. The molecule has 7 nitrogen and oxygen atoms in total. The minimum Gasteiger partial charge on any atom is -0.459 e. The van der Waals surface area contributed by atoms with Gasteiger partial charge in [0.05, 0.1) is 0 Å². The average molecular weight is 330 g/mol. The van der Waals surface area contributed by atoms with Crippen molar-refractivity contribution in [2.75, 3.05) is 13.1 Å². The number of hydrogen-bond acceptors (Lipinski definition) is 6. The first kappa shape index (κ1) is 21.2. The van der Waals surface area contributed by atoms with Gasteiger partial charge in [-0.05, 0) is 60.8 Å². The van der Waals surface area contributed by atoms with E-state index in [9.17, 15) is 9.59 Å². The van der Waals surface area contributed by atoms with Crippen LogP contribution < -0.4 is 0 Å². The standard InChI is InChI=1S/C16H30N2O5/c1-15(2,3)22-13(19)12-18(11-9-7-8-10-17-21)14(20)23-16(4,5)6/h10,21H,7-9,11-12H2,1-6H3/b17-10+. The van der Waals surface area contributed by atoms with Crippen LogP contribution in [-0.2, 0) is 14.3 Å². The number of hydrogen-bond donors (Lipinski definition) is 1. The highest BCUT2D eigenvalue weighted by Gasteiger charge is 2.26. The van der Waals surface area contributed by atoms with Gasteiger partial charge in [-0.15, -0.1) is 5.16 Å². The maximum atomic E-state index is 12.2. The topological polar surface area (TPSA) is 88.4 Å². The van der Waals surface area contributed by atoms with Crippen molar-refractivity contribution in [2.24, 2.45) is 5.16 Å². The number of esters is 1. The summed E-state index contributed by atoms with van der Waals surface area (Å²) >= 11 is 0. The van der Waals surface area contributed by atoms with Crippen LogP contribution in [0.25, 0.3) is 0 Å². The number of nitrogens with zero attached hydrogens (tertiary/aromatic N) is 2. The Kier molecular flexibility index (Phi) is 8.64. The molecule has 0 rings (SSSR count). The normalized spacial score (nSPS) is 12.3. The van der Waals surface area contributed by atoms with E-state index >= 15 is 0 Å². The zero-order valence-corrected chi connectivity index (χ0v) is 15.1. The highest BCUT2D eigenvalue weighted by atomic mass is 16.6. The van der Waals surface area contributed by atoms with Gasteiger partial charge in [-0.25, -0.2) is 4.79 Å². The van der Waals surface area contributed by atoms with E-state index in [1.165, 1.54) is 11.1 Å². The molecular weight excluding hydrogens is 300 g/mol. The molecule has 1 N–H and O–H groups in total. The van der Waals surface area contributed by atoms with Crippen LogP contribution in [0.2, 0.25) is 0 Å². The minimum absolute atomic E-state index is 0.153. The molecule has 0 saturated carbocycles. The molecule has 0 aliphatic rings. The molecule has 7 heteroatoms. The summed E-state index contributed by atoms with van der Waals surface area (Å²) in [7, 11) is 0. The molecule has 0 heterocycles. The second-order valence-electron chi connectivity index (χ2n) is 7.28. The minimum atomic E-state index is -0.632. The Hall–Kier alpha value is -1.79. The molecule has 0 spiro atoms. The molecule has 0 atom stereocenters. The Morgan fingerprint density at radius 3 is 2.09 bits per heavy atom. The summed E-state index contributed by atoms with van der Waals surface area (Å²) in [4.78, 5) is 25.5. The van der Waals surface area contributed by atoms with Crippen LogP contribution in [0.15, 0.2) is 5.16 Å². The number of oxime groups is 1. The van der Waals surface area contributed by atoms with Crippen molar-refractivity contribution in [2.45, 2.75) is 72.0 Å². The zero-order chi connectivity index (χ0) is 18.1. The van der Waals surface area contributed by atoms with E-state index in [0.29, 0.717) is 19.4 Å². The summed E-state index contributed by atoms with van der Waals surface area (Å²) in [6.45, 7) is 10.9. The van der Waals surface area contributed by atoms with Crippen molar-refractivity contribution in [3.8, 4) is 0 Å². The first-order valence-electron chi connectivity index (χ1n) is 7.80. The van der Waals surface area contributed by atoms with Crippen molar-refractivity contribution in [3.05, 3.63) is 0 Å². The number of rotatable bonds is 7. The highest BCUT2D eigenvalue weighted by molar-refractivity contribution is 5.78. The Morgan fingerprint density at radius 1 is 1.04 bits per heavy atom. The molecule has 134 valence electrons. The molecule has 0 aliphatic carbocycles. The van der Waals surface area contributed by atoms with Crippen LogP contribution in [0, 0.1) is 0 Å². The van der Waals surface area contributed by atoms with E-state index < -0.39 is 23.3 Å². The Labute approximate surface area is 138 Å². The Morgan fingerprint density at radius 2 is 1.61 bits per heavy atom. The summed E-state index contributed by atoms with van der Waals surface area (Å²) in [5.74, 6) is -0.472. The Balaban J connectivity index is 4.65. The summed E-state index contributed by atoms with van der Waals surface area (Å²) in [6, 6.07) is 0. The van der Waals surface area contributed by atoms with Crippen LogP contribution in [0.4, 0.5) is 4.79 Å². The lowest BCUT2D eigenvalue weighted by Gasteiger charge is -2.28. The Bertz CT molecular complexity index is 408. The molecule has 0 aromatic heterocycles. The fourth-order valence-electron chi connectivity index (χ4n) is 1.69. The quantitative estimate of drug-likeness (QED) is 0.255. The number of ether oxygens (including phenoxy) is 2. The third-order valence-electron chi connectivity index (χ3n) is 2.48. The summed E-state index contributed by atoms with van der Waals surface area (Å²) in [6.07, 6.45) is 2.85. The number of amides is 1. The van der Waals surface area contributed by atoms with Crippen LogP contribution in [-0.4, -0.2) is 52.7 Å². The van der Waals surface area contributed by atoms with Gasteiger partial charge >= 0.3 is 12.1 Å². The molecular formula is C16H30N2O5. The third-order valence-corrected chi connectivity index (χ3v) is 2.48. The lowest BCUT2D eigenvalue weighted by molar-refractivity contribution is -0.156. The van der Waals surface area contributed by atoms with Gasteiger partial charge in [0.25, 0.3) is 0 Å². The van der Waals surface area contributed by atoms with Crippen molar-refractivity contribution < 1.29 is 24.3 Å². The molecule has 0 fully saturated rings. The van der Waals surface area contributed by atoms with Gasteiger partial charge in [0.15, 0.2) is 0 Å². The van der Waals surface area contributed by atoms with Gasteiger partial charge in [0.2, 0.25) is 0 Å². The molecule has 0 aromatic carbocycles. The molecule has 0 aliphatic heterocycles. The first-order valence-corrected chi connectivity index (χ1v) is 7.80. The van der Waals surface area contributed by atoms with E-state index in [2.05, 4.69) is 5.16 Å². The van der Waals surface area contributed by atoms with Crippen LogP contribution in [0.5, 0.6) is 0 Å². The second kappa shape index (κ2) is 9.37. The lowest BCUT2D eigenvalue weighted by atomic mass is 10.2. The molecule has 0 radical (unpaired) electrons. The summed E-state index contributed by atoms with van der Waals surface area (Å²) in [5.41, 5.74) is -1.24. The monoisotopic (exact) mass is 330 g/mol. The highest BCUT2D eigenvalue weighted by Crippen LogP contribution is 2.12. The zero-order valence-electron chi connectivity index (χ0n) is 15.1. The molecule has 23 heavy (non-hydrogen) atoms. The van der Waals surface area contributed by atoms with Crippen LogP contribution >= 0.6 is 0 Å². The van der Waals surface area contributed by atoms with E-state index in [0.717, 1.165) is 6.42 Å². The van der Waals surface area contributed by atoms with Gasteiger partial charge in [-0.2, -0.15) is 0 Å². The SMILES string of the molecule is CC(C)(C)OC(=O)CN(CCCC/C=N/O)C(=O)OC(C)(C)C. The van der Waals surface area contributed by atoms with Gasteiger partial charge in [0, 0.05) is 12.8 Å². The molecule has 0 aromatic rings. The maximum absolute atomic E-state index is 12.2. The second-order valence-corrected chi connectivity index (χ2v) is 7.28. The lowest BCUT2D eigenvalue weighted by Crippen LogP contribution is -2.42. The largest absolute Gasteiger partial charge is 0.459 e. The van der Waals surface area contributed by atoms with Gasteiger partial charge < -0.3 is 14.7 Å². The first-order chi connectivity index (χ1) is 10.4. The van der Waals surface area contributed by atoms with Crippen LogP contribution in [0.1, 0.15) is 60.8 Å². The van der Waals surface area contributed by atoms with E-state index in [1.54, 1.807) is 41.5 Å². The van der Waals surface area contributed by atoms with E-state index in [4.69, 9.17) is 14.7 Å². The molecule has 0 bridgehead atoms. The summed E-state index contributed by atoms with van der Waals surface area (Å²) < 4.78 is 10.6.